The van der Waals surface area contributed by atoms with Gasteiger partial charge < -0.3 is 19.2 Å². The SMILES string of the molecule is COC(=O)[C@H]1CC[C@H](OC(F)(C(=O)Cc2ccc(Nc3nc4ccccc4o3)c(Cl)n2)N2CCCC2)CC1. The zero-order valence-electron chi connectivity index (χ0n) is 21.1. The first kappa shape index (κ1) is 26.5. The van der Waals surface area contributed by atoms with E-state index in [0.29, 0.717) is 61.3 Å². The summed E-state index contributed by atoms with van der Waals surface area (Å²) in [6, 6.07) is 10.9. The van der Waals surface area contributed by atoms with Gasteiger partial charge in [0.05, 0.1) is 31.2 Å². The largest absolute Gasteiger partial charge is 0.469 e. The second-order valence-corrected chi connectivity index (χ2v) is 10.1. The van der Waals surface area contributed by atoms with E-state index in [4.69, 9.17) is 25.5 Å². The van der Waals surface area contributed by atoms with E-state index in [9.17, 15) is 9.59 Å². The van der Waals surface area contributed by atoms with E-state index in [2.05, 4.69) is 15.3 Å². The summed E-state index contributed by atoms with van der Waals surface area (Å²) in [7, 11) is 1.36. The molecule has 3 aromatic rings. The van der Waals surface area contributed by atoms with Crippen LogP contribution in [0.1, 0.15) is 44.2 Å². The van der Waals surface area contributed by atoms with Crippen molar-refractivity contribution in [2.24, 2.45) is 5.92 Å². The second kappa shape index (κ2) is 11.3. The summed E-state index contributed by atoms with van der Waals surface area (Å²) in [5.41, 5.74) is 2.09. The Balaban J connectivity index is 1.27. The van der Waals surface area contributed by atoms with Gasteiger partial charge in [0.25, 0.3) is 6.01 Å². The van der Waals surface area contributed by atoms with Gasteiger partial charge in [-0.3, -0.25) is 9.59 Å². The summed E-state index contributed by atoms with van der Waals surface area (Å²) in [4.78, 5) is 35.3. The van der Waals surface area contributed by atoms with E-state index in [1.807, 2.05) is 18.2 Å². The van der Waals surface area contributed by atoms with Crippen LogP contribution in [-0.2, 0) is 25.5 Å². The Labute approximate surface area is 224 Å². The molecule has 0 bridgehead atoms. The summed E-state index contributed by atoms with van der Waals surface area (Å²) in [6.45, 7) is 0.864. The standard InChI is InChI=1S/C27H30ClFN4O5/c1-36-25(35)17-8-11-19(12-9-17)38-27(29,33-14-4-5-15-33)23(34)16-18-10-13-21(24(28)30-18)32-26-31-20-6-2-3-7-22(20)37-26/h2-3,6-7,10,13,17,19H,4-5,8-9,11-12,14-16H2,1H3,(H,31,32)/t17-,19-,27?. The van der Waals surface area contributed by atoms with Gasteiger partial charge in [0, 0.05) is 18.8 Å². The average molecular weight is 545 g/mol. The third-order valence-corrected chi connectivity index (χ3v) is 7.46. The lowest BCUT2D eigenvalue weighted by Crippen LogP contribution is -2.54. The maximum atomic E-state index is 16.4. The fraction of sp³-hybridized carbons (Fsp3) is 0.481. The van der Waals surface area contributed by atoms with Gasteiger partial charge in [-0.2, -0.15) is 9.37 Å². The first-order valence-corrected chi connectivity index (χ1v) is 13.2. The highest BCUT2D eigenvalue weighted by Crippen LogP contribution is 2.35. The maximum Gasteiger partial charge on any atom is 0.330 e. The van der Waals surface area contributed by atoms with Crippen molar-refractivity contribution in [2.75, 3.05) is 25.5 Å². The van der Waals surface area contributed by atoms with E-state index < -0.39 is 17.9 Å². The molecule has 1 saturated heterocycles. The molecule has 2 aliphatic rings. The summed E-state index contributed by atoms with van der Waals surface area (Å²) in [5.74, 6) is -3.77. The summed E-state index contributed by atoms with van der Waals surface area (Å²) in [6.07, 6.45) is 2.85. The Bertz CT molecular complexity index is 1270. The van der Waals surface area contributed by atoms with Crippen molar-refractivity contribution in [1.82, 2.24) is 14.9 Å². The van der Waals surface area contributed by atoms with E-state index >= 15 is 4.39 Å². The number of fused-ring (bicyclic) bond motifs is 1. The van der Waals surface area contributed by atoms with Crippen LogP contribution in [0.4, 0.5) is 16.1 Å². The number of methoxy groups -OCH3 is 1. The smallest absolute Gasteiger partial charge is 0.330 e. The molecule has 2 fully saturated rings. The number of halogens is 2. The van der Waals surface area contributed by atoms with Crippen molar-refractivity contribution < 1.29 is 27.9 Å². The summed E-state index contributed by atoms with van der Waals surface area (Å²) < 4.78 is 32.8. The van der Waals surface area contributed by atoms with Gasteiger partial charge in [0.1, 0.15) is 5.52 Å². The summed E-state index contributed by atoms with van der Waals surface area (Å²) >= 11 is 6.38. The Morgan fingerprint density at radius 2 is 1.87 bits per heavy atom. The monoisotopic (exact) mass is 544 g/mol. The molecule has 0 spiro atoms. The lowest BCUT2D eigenvalue weighted by atomic mass is 9.87. The highest BCUT2D eigenvalue weighted by Gasteiger charge is 2.49. The Morgan fingerprint density at radius 3 is 2.55 bits per heavy atom. The number of nitrogens with zero attached hydrogens (tertiary/aromatic N) is 3. The van der Waals surface area contributed by atoms with Crippen LogP contribution in [0, 0.1) is 5.92 Å². The van der Waals surface area contributed by atoms with Crippen LogP contribution >= 0.6 is 11.6 Å². The number of anilines is 2. The number of Topliss-reactive ketones (excluding diaryl/α,β-unsaturated/α-hetero) is 1. The highest BCUT2D eigenvalue weighted by atomic mass is 35.5. The molecule has 1 aromatic carbocycles. The van der Waals surface area contributed by atoms with Crippen LogP contribution in [0.3, 0.4) is 0 Å². The molecule has 1 aliphatic carbocycles. The lowest BCUT2D eigenvalue weighted by molar-refractivity contribution is -0.252. The van der Waals surface area contributed by atoms with Gasteiger partial charge in [-0.25, -0.2) is 9.88 Å². The quantitative estimate of drug-likeness (QED) is 0.221. The number of nitrogens with one attached hydrogen (secondary N) is 1. The lowest BCUT2D eigenvalue weighted by Gasteiger charge is -2.37. The minimum Gasteiger partial charge on any atom is -0.469 e. The van der Waals surface area contributed by atoms with Crippen molar-refractivity contribution in [2.45, 2.75) is 57.0 Å². The van der Waals surface area contributed by atoms with Crippen molar-refractivity contribution in [3.05, 3.63) is 47.2 Å². The number of likely N-dealkylation sites (tertiary alicyclic amines) is 1. The van der Waals surface area contributed by atoms with Crippen LogP contribution in [0.2, 0.25) is 5.15 Å². The number of hydrogen-bond acceptors (Lipinski definition) is 9. The number of pyridine rings is 1. The topological polar surface area (TPSA) is 107 Å². The average Bonchev–Trinajstić information content (AvgIpc) is 3.60. The predicted molar refractivity (Wildman–Crippen MR) is 139 cm³/mol. The number of alkyl halides is 1. The molecule has 38 heavy (non-hydrogen) atoms. The first-order valence-electron chi connectivity index (χ1n) is 12.9. The number of carbonyl (C=O) groups is 2. The Kier molecular flexibility index (Phi) is 7.92. The number of rotatable bonds is 9. The van der Waals surface area contributed by atoms with Gasteiger partial charge in [-0.05, 0) is 62.8 Å². The molecule has 2 aromatic heterocycles. The fourth-order valence-corrected chi connectivity index (χ4v) is 5.32. The van der Waals surface area contributed by atoms with E-state index in [0.717, 1.165) is 12.8 Å². The van der Waals surface area contributed by atoms with Crippen molar-refractivity contribution in [3.8, 4) is 0 Å². The van der Waals surface area contributed by atoms with Crippen molar-refractivity contribution >= 4 is 46.2 Å². The minimum absolute atomic E-state index is 0.102. The molecule has 0 amide bonds. The first-order chi connectivity index (χ1) is 18.4. The zero-order valence-corrected chi connectivity index (χ0v) is 21.9. The number of ketones is 1. The van der Waals surface area contributed by atoms with Gasteiger partial charge in [0.2, 0.25) is 5.78 Å². The number of benzene rings is 1. The third kappa shape index (κ3) is 5.67. The van der Waals surface area contributed by atoms with E-state index in [1.165, 1.54) is 12.0 Å². The Hall–Kier alpha value is -3.08. The van der Waals surface area contributed by atoms with Crippen LogP contribution in [-0.4, -0.2) is 58.9 Å². The van der Waals surface area contributed by atoms with Crippen molar-refractivity contribution in [3.63, 3.8) is 0 Å². The highest BCUT2D eigenvalue weighted by molar-refractivity contribution is 6.32. The fourth-order valence-electron chi connectivity index (χ4n) is 5.10. The zero-order chi connectivity index (χ0) is 26.7. The minimum atomic E-state index is -2.57. The number of oxazole rings is 1. The molecule has 1 aliphatic heterocycles. The van der Waals surface area contributed by atoms with Crippen LogP contribution in [0.25, 0.3) is 11.1 Å². The van der Waals surface area contributed by atoms with Crippen LogP contribution in [0.5, 0.6) is 0 Å². The number of hydrogen-bond donors (Lipinski definition) is 1. The molecular formula is C27H30ClFN4O5. The van der Waals surface area contributed by atoms with Crippen molar-refractivity contribution in [1.29, 1.82) is 0 Å². The molecule has 9 nitrogen and oxygen atoms in total. The molecule has 11 heteroatoms. The molecule has 1 unspecified atom stereocenters. The van der Waals surface area contributed by atoms with E-state index in [-0.39, 0.29) is 29.5 Å². The molecule has 1 saturated carbocycles. The molecule has 0 radical (unpaired) electrons. The van der Waals surface area contributed by atoms with Crippen LogP contribution < -0.4 is 5.32 Å². The maximum absolute atomic E-state index is 16.4. The molecule has 5 rings (SSSR count). The normalized spacial score (nSPS) is 21.8. The summed E-state index contributed by atoms with van der Waals surface area (Å²) in [5, 5.41) is 3.09. The van der Waals surface area contributed by atoms with Gasteiger partial charge in [-0.15, -0.1) is 0 Å². The molecule has 1 atom stereocenters. The molecule has 202 valence electrons. The second-order valence-electron chi connectivity index (χ2n) is 9.72. The van der Waals surface area contributed by atoms with E-state index in [1.54, 1.807) is 18.2 Å². The number of esters is 1. The number of para-hydroxylation sites is 2. The number of carbonyl (C=O) groups excluding carboxylic acids is 2. The molecule has 3 heterocycles. The number of ether oxygens (including phenoxy) is 2. The van der Waals surface area contributed by atoms with Gasteiger partial charge in [0.15, 0.2) is 10.7 Å². The van der Waals surface area contributed by atoms with Gasteiger partial charge >= 0.3 is 11.9 Å². The molecular weight excluding hydrogens is 515 g/mol. The number of aromatic nitrogens is 2. The van der Waals surface area contributed by atoms with Crippen LogP contribution in [0.15, 0.2) is 40.8 Å². The predicted octanol–water partition coefficient (Wildman–Crippen LogP) is 5.20. The molecule has 1 N–H and O–H groups in total. The third-order valence-electron chi connectivity index (χ3n) is 7.17. The van der Waals surface area contributed by atoms with Gasteiger partial charge in [-0.1, -0.05) is 23.7 Å². The Morgan fingerprint density at radius 1 is 1.13 bits per heavy atom.